The van der Waals surface area contributed by atoms with E-state index in [0.717, 1.165) is 6.20 Å². The first kappa shape index (κ1) is 9.66. The molecule has 1 aromatic rings. The first-order valence-electron chi connectivity index (χ1n) is 3.89. The van der Waals surface area contributed by atoms with E-state index in [2.05, 4.69) is 20.7 Å². The topological polar surface area (TPSA) is 75.9 Å². The van der Waals surface area contributed by atoms with Gasteiger partial charge in [0.2, 0.25) is 5.95 Å². The summed E-state index contributed by atoms with van der Waals surface area (Å²) in [5, 5.41) is 2.83. The van der Waals surface area contributed by atoms with Crippen molar-refractivity contribution in [3.05, 3.63) is 12.0 Å². The summed E-state index contributed by atoms with van der Waals surface area (Å²) < 4.78 is 13.0. The lowest BCUT2D eigenvalue weighted by atomic mass is 10.4. The first-order valence-corrected chi connectivity index (χ1v) is 3.89. The number of hydrazine groups is 1. The number of hydrogen-bond donors (Lipinski definition) is 3. The zero-order valence-electron chi connectivity index (χ0n) is 7.50. The van der Waals surface area contributed by atoms with Crippen LogP contribution in [0, 0.1) is 5.82 Å². The summed E-state index contributed by atoms with van der Waals surface area (Å²) in [7, 11) is 0. The number of nitrogens with zero attached hydrogens (tertiary/aromatic N) is 2. The molecule has 4 N–H and O–H groups in total. The van der Waals surface area contributed by atoms with E-state index in [1.807, 2.05) is 13.8 Å². The Morgan fingerprint density at radius 2 is 2.23 bits per heavy atom. The van der Waals surface area contributed by atoms with Gasteiger partial charge in [-0.25, -0.2) is 15.2 Å². The number of nitrogens with one attached hydrogen (secondary N) is 2. The molecule has 0 amide bonds. The molecule has 1 heterocycles. The molecule has 0 radical (unpaired) electrons. The largest absolute Gasteiger partial charge is 0.365 e. The number of nitrogens with two attached hydrogens (primary N) is 1. The van der Waals surface area contributed by atoms with Crippen molar-refractivity contribution in [3.63, 3.8) is 0 Å². The van der Waals surface area contributed by atoms with Crippen LogP contribution in [0.2, 0.25) is 0 Å². The van der Waals surface area contributed by atoms with Gasteiger partial charge in [-0.2, -0.15) is 4.98 Å². The maximum atomic E-state index is 13.0. The van der Waals surface area contributed by atoms with E-state index in [4.69, 9.17) is 5.84 Å². The van der Waals surface area contributed by atoms with Gasteiger partial charge in [0.15, 0.2) is 11.6 Å². The van der Waals surface area contributed by atoms with E-state index in [9.17, 15) is 4.39 Å². The molecule has 0 saturated heterocycles. The number of halogens is 1. The van der Waals surface area contributed by atoms with E-state index in [-0.39, 0.29) is 17.8 Å². The molecule has 0 spiro atoms. The number of aromatic nitrogens is 2. The highest BCUT2D eigenvalue weighted by Crippen LogP contribution is 2.11. The number of nitrogen functional groups attached to an aromatic ring is 1. The van der Waals surface area contributed by atoms with Crippen LogP contribution in [0.4, 0.5) is 16.2 Å². The average Bonchev–Trinajstić information content (AvgIpc) is 2.08. The number of rotatable bonds is 3. The smallest absolute Gasteiger partial charge is 0.239 e. The predicted octanol–water partition coefficient (Wildman–Crippen LogP) is 0.722. The van der Waals surface area contributed by atoms with Gasteiger partial charge in [0.1, 0.15) is 0 Å². The van der Waals surface area contributed by atoms with Gasteiger partial charge >= 0.3 is 0 Å². The zero-order valence-corrected chi connectivity index (χ0v) is 7.50. The highest BCUT2D eigenvalue weighted by Gasteiger charge is 2.06. The van der Waals surface area contributed by atoms with Crippen LogP contribution < -0.4 is 16.6 Å². The molecule has 0 aliphatic carbocycles. The van der Waals surface area contributed by atoms with Crippen LogP contribution in [0.1, 0.15) is 13.8 Å². The second-order valence-electron chi connectivity index (χ2n) is 2.83. The molecule has 0 saturated carbocycles. The first-order chi connectivity index (χ1) is 6.13. The Balaban J connectivity index is 2.90. The van der Waals surface area contributed by atoms with E-state index >= 15 is 0 Å². The van der Waals surface area contributed by atoms with Gasteiger partial charge in [-0.3, -0.25) is 5.43 Å². The molecular weight excluding hydrogens is 173 g/mol. The SMILES string of the molecule is CC(C)Nc1nc(NN)ncc1F. The van der Waals surface area contributed by atoms with E-state index in [1.165, 1.54) is 0 Å². The Morgan fingerprint density at radius 3 is 2.77 bits per heavy atom. The van der Waals surface area contributed by atoms with Crippen LogP contribution in [0.5, 0.6) is 0 Å². The standard InChI is InChI=1S/C7H12FN5/c1-4(2)11-6-5(8)3-10-7(12-6)13-9/h3-4H,9H2,1-2H3,(H2,10,11,12,13). The second kappa shape index (κ2) is 3.99. The van der Waals surface area contributed by atoms with Crippen LogP contribution in [0.25, 0.3) is 0 Å². The summed E-state index contributed by atoms with van der Waals surface area (Å²) >= 11 is 0. The van der Waals surface area contributed by atoms with Gasteiger partial charge in [0.25, 0.3) is 0 Å². The molecule has 0 aliphatic heterocycles. The Bertz CT molecular complexity index is 288. The molecule has 6 heteroatoms. The summed E-state index contributed by atoms with van der Waals surface area (Å²) in [6, 6.07) is 0.107. The fourth-order valence-corrected chi connectivity index (χ4v) is 0.811. The van der Waals surface area contributed by atoms with Gasteiger partial charge in [0.05, 0.1) is 6.20 Å². The predicted molar refractivity (Wildman–Crippen MR) is 48.6 cm³/mol. The van der Waals surface area contributed by atoms with E-state index < -0.39 is 5.82 Å². The second-order valence-corrected chi connectivity index (χ2v) is 2.83. The van der Waals surface area contributed by atoms with E-state index in [1.54, 1.807) is 0 Å². The van der Waals surface area contributed by atoms with Crippen molar-refractivity contribution < 1.29 is 4.39 Å². The molecule has 0 aliphatic rings. The summed E-state index contributed by atoms with van der Waals surface area (Å²) in [6.45, 7) is 3.77. The van der Waals surface area contributed by atoms with Crippen molar-refractivity contribution in [2.45, 2.75) is 19.9 Å². The Hall–Kier alpha value is -1.43. The minimum atomic E-state index is -0.493. The minimum absolute atomic E-state index is 0.107. The van der Waals surface area contributed by atoms with Crippen molar-refractivity contribution in [2.75, 3.05) is 10.7 Å². The quantitative estimate of drug-likeness (QED) is 0.478. The Morgan fingerprint density at radius 1 is 1.54 bits per heavy atom. The summed E-state index contributed by atoms with van der Waals surface area (Å²) in [5.41, 5.74) is 2.24. The fraction of sp³-hybridized carbons (Fsp3) is 0.429. The van der Waals surface area contributed by atoms with Gasteiger partial charge < -0.3 is 5.32 Å². The number of anilines is 2. The monoisotopic (exact) mass is 185 g/mol. The molecule has 5 nitrogen and oxygen atoms in total. The molecule has 0 unspecified atom stereocenters. The van der Waals surface area contributed by atoms with Crippen molar-refractivity contribution in [1.82, 2.24) is 9.97 Å². The zero-order chi connectivity index (χ0) is 9.84. The average molecular weight is 185 g/mol. The highest BCUT2D eigenvalue weighted by molar-refractivity contribution is 5.40. The fourth-order valence-electron chi connectivity index (χ4n) is 0.811. The van der Waals surface area contributed by atoms with Crippen LogP contribution in [-0.4, -0.2) is 16.0 Å². The third kappa shape index (κ3) is 2.51. The minimum Gasteiger partial charge on any atom is -0.365 e. The lowest BCUT2D eigenvalue weighted by Crippen LogP contribution is -2.16. The maximum absolute atomic E-state index is 13.0. The van der Waals surface area contributed by atoms with Gasteiger partial charge in [-0.15, -0.1) is 0 Å². The summed E-state index contributed by atoms with van der Waals surface area (Å²) in [6.07, 6.45) is 1.06. The van der Waals surface area contributed by atoms with Gasteiger partial charge in [-0.05, 0) is 13.8 Å². The van der Waals surface area contributed by atoms with Crippen molar-refractivity contribution in [2.24, 2.45) is 5.84 Å². The lowest BCUT2D eigenvalue weighted by molar-refractivity contribution is 0.614. The summed E-state index contributed by atoms with van der Waals surface area (Å²) in [4.78, 5) is 7.40. The lowest BCUT2D eigenvalue weighted by Gasteiger charge is -2.09. The summed E-state index contributed by atoms with van der Waals surface area (Å²) in [5.74, 6) is 4.92. The van der Waals surface area contributed by atoms with E-state index in [0.29, 0.717) is 0 Å². The molecule has 0 atom stereocenters. The van der Waals surface area contributed by atoms with Crippen molar-refractivity contribution in [3.8, 4) is 0 Å². The normalized spacial score (nSPS) is 10.2. The van der Waals surface area contributed by atoms with Gasteiger partial charge in [0, 0.05) is 6.04 Å². The maximum Gasteiger partial charge on any atom is 0.239 e. The van der Waals surface area contributed by atoms with Crippen molar-refractivity contribution >= 4 is 11.8 Å². The highest BCUT2D eigenvalue weighted by atomic mass is 19.1. The molecule has 0 bridgehead atoms. The molecule has 1 aromatic heterocycles. The Labute approximate surface area is 75.5 Å². The van der Waals surface area contributed by atoms with Crippen LogP contribution in [0.15, 0.2) is 6.20 Å². The van der Waals surface area contributed by atoms with Crippen molar-refractivity contribution in [1.29, 1.82) is 0 Å². The molecule has 72 valence electrons. The van der Waals surface area contributed by atoms with Gasteiger partial charge in [-0.1, -0.05) is 0 Å². The molecular formula is C7H12FN5. The third-order valence-electron chi connectivity index (χ3n) is 1.30. The third-order valence-corrected chi connectivity index (χ3v) is 1.30. The molecule has 0 aromatic carbocycles. The molecule has 1 rings (SSSR count). The Kier molecular flexibility index (Phi) is 2.97. The van der Waals surface area contributed by atoms with Crippen LogP contribution in [0.3, 0.4) is 0 Å². The molecule has 0 fully saturated rings. The molecule has 13 heavy (non-hydrogen) atoms. The van der Waals surface area contributed by atoms with Crippen LogP contribution >= 0.6 is 0 Å². The number of hydrogen-bond acceptors (Lipinski definition) is 5. The van der Waals surface area contributed by atoms with Crippen LogP contribution in [-0.2, 0) is 0 Å².